The largest absolute Gasteiger partial charge is 0.345 e. The van der Waals surface area contributed by atoms with Crippen molar-refractivity contribution < 1.29 is 9.18 Å². The molecule has 1 aromatic heterocycles. The molecule has 0 aliphatic carbocycles. The quantitative estimate of drug-likeness (QED) is 0.514. The molecule has 1 N–H and O–H groups in total. The Labute approximate surface area is 178 Å². The molecule has 0 saturated heterocycles. The Morgan fingerprint density at radius 3 is 2.57 bits per heavy atom. The van der Waals surface area contributed by atoms with Crippen LogP contribution in [0.1, 0.15) is 36.2 Å². The number of halogens is 1. The van der Waals surface area contributed by atoms with Crippen molar-refractivity contribution in [2.24, 2.45) is 5.92 Å². The lowest BCUT2D eigenvalue weighted by Gasteiger charge is -2.26. The van der Waals surface area contributed by atoms with Gasteiger partial charge in [0.25, 0.3) is 0 Å². The molecule has 1 heterocycles. The third-order valence-electron chi connectivity index (χ3n) is 5.15. The number of rotatable bonds is 7. The second kappa shape index (κ2) is 9.61. The van der Waals surface area contributed by atoms with Gasteiger partial charge in [0.1, 0.15) is 5.82 Å². The molecule has 0 bridgehead atoms. The molecular weight excluding hydrogens is 377 g/mol. The van der Waals surface area contributed by atoms with Crippen molar-refractivity contribution in [2.75, 3.05) is 11.9 Å². The molecule has 2 aromatic carbocycles. The number of hydrogen-bond donors (Lipinski definition) is 1. The Morgan fingerprint density at radius 2 is 1.87 bits per heavy atom. The van der Waals surface area contributed by atoms with Gasteiger partial charge in [-0.2, -0.15) is 0 Å². The Kier molecular flexibility index (Phi) is 6.93. The Morgan fingerprint density at radius 1 is 1.07 bits per heavy atom. The van der Waals surface area contributed by atoms with E-state index in [1.165, 1.54) is 11.6 Å². The lowest BCUT2D eigenvalue weighted by Crippen LogP contribution is -2.37. The Hall–Kier alpha value is -3.08. The van der Waals surface area contributed by atoms with Crippen molar-refractivity contribution in [3.8, 4) is 0 Å². The van der Waals surface area contributed by atoms with Crippen LogP contribution in [0.2, 0.25) is 0 Å². The summed E-state index contributed by atoms with van der Waals surface area (Å²) in [6.07, 6.45) is 1.97. The summed E-state index contributed by atoms with van der Waals surface area (Å²) >= 11 is 0. The summed E-state index contributed by atoms with van der Waals surface area (Å²) in [6.45, 7) is 9.98. The summed E-state index contributed by atoms with van der Waals surface area (Å²) < 4.78 is 15.6. The summed E-state index contributed by atoms with van der Waals surface area (Å²) in [4.78, 5) is 14.9. The van der Waals surface area contributed by atoms with E-state index in [1.807, 2.05) is 54.4 Å². The van der Waals surface area contributed by atoms with E-state index in [4.69, 9.17) is 0 Å². The van der Waals surface area contributed by atoms with Crippen LogP contribution in [0.3, 0.4) is 0 Å². The van der Waals surface area contributed by atoms with Crippen molar-refractivity contribution in [3.05, 3.63) is 89.0 Å². The molecule has 30 heavy (non-hydrogen) atoms. The fraction of sp³-hybridized carbons (Fsp3) is 0.320. The van der Waals surface area contributed by atoms with Crippen LogP contribution in [0.5, 0.6) is 0 Å². The van der Waals surface area contributed by atoms with Crippen LogP contribution in [0.25, 0.3) is 0 Å². The first-order valence-electron chi connectivity index (χ1n) is 10.3. The fourth-order valence-electron chi connectivity index (χ4n) is 3.46. The molecule has 3 aromatic rings. The van der Waals surface area contributed by atoms with Gasteiger partial charge >= 0.3 is 6.03 Å². The molecule has 0 unspecified atom stereocenters. The van der Waals surface area contributed by atoms with Crippen LogP contribution >= 0.6 is 0 Å². The molecule has 0 radical (unpaired) electrons. The van der Waals surface area contributed by atoms with E-state index in [0.717, 1.165) is 22.5 Å². The third kappa shape index (κ3) is 5.72. The Bertz CT molecular complexity index is 1010. The number of carbonyl (C=O) groups is 1. The topological polar surface area (TPSA) is 37.3 Å². The number of nitrogens with one attached hydrogen (secondary N) is 1. The molecule has 0 saturated carbocycles. The fourth-order valence-corrected chi connectivity index (χ4v) is 3.46. The SMILES string of the molecule is Cc1ccc(NC(=O)N(Cc2cccn2Cc2cccc(F)c2)CC(C)C)cc1C. The zero-order valence-electron chi connectivity index (χ0n) is 18.2. The van der Waals surface area contributed by atoms with E-state index in [1.54, 1.807) is 12.1 Å². The second-order valence-corrected chi connectivity index (χ2v) is 8.26. The average Bonchev–Trinajstić information content (AvgIpc) is 3.10. The van der Waals surface area contributed by atoms with Gasteiger partial charge in [0.15, 0.2) is 0 Å². The zero-order chi connectivity index (χ0) is 21.7. The van der Waals surface area contributed by atoms with Gasteiger partial charge in [-0.1, -0.05) is 32.0 Å². The maximum atomic E-state index is 13.5. The van der Waals surface area contributed by atoms with Gasteiger partial charge in [-0.3, -0.25) is 0 Å². The minimum absolute atomic E-state index is 0.120. The number of amides is 2. The van der Waals surface area contributed by atoms with Gasteiger partial charge in [-0.25, -0.2) is 9.18 Å². The molecule has 2 amide bonds. The van der Waals surface area contributed by atoms with Gasteiger partial charge in [0.05, 0.1) is 6.54 Å². The molecule has 158 valence electrons. The highest BCUT2D eigenvalue weighted by atomic mass is 19.1. The predicted molar refractivity (Wildman–Crippen MR) is 120 cm³/mol. The first-order valence-corrected chi connectivity index (χ1v) is 10.3. The van der Waals surface area contributed by atoms with Gasteiger partial charge in [0.2, 0.25) is 0 Å². The van der Waals surface area contributed by atoms with Crippen LogP contribution in [0.15, 0.2) is 60.8 Å². The Balaban J connectivity index is 1.75. The van der Waals surface area contributed by atoms with Crippen LogP contribution in [0.4, 0.5) is 14.9 Å². The summed E-state index contributed by atoms with van der Waals surface area (Å²) in [5.41, 5.74) is 5.04. The van der Waals surface area contributed by atoms with Gasteiger partial charge in [-0.05, 0) is 72.9 Å². The summed E-state index contributed by atoms with van der Waals surface area (Å²) in [6, 6.07) is 16.4. The highest BCUT2D eigenvalue weighted by Gasteiger charge is 2.17. The number of aromatic nitrogens is 1. The van der Waals surface area contributed by atoms with Crippen molar-refractivity contribution in [3.63, 3.8) is 0 Å². The molecule has 0 aliphatic heterocycles. The molecule has 5 heteroatoms. The lowest BCUT2D eigenvalue weighted by molar-refractivity contribution is 0.200. The highest BCUT2D eigenvalue weighted by molar-refractivity contribution is 5.89. The number of nitrogens with zero attached hydrogens (tertiary/aromatic N) is 2. The molecule has 0 spiro atoms. The normalized spacial score (nSPS) is 11.0. The molecular formula is C25H30FN3O. The minimum Gasteiger partial charge on any atom is -0.345 e. The first kappa shape index (κ1) is 21.6. The maximum Gasteiger partial charge on any atom is 0.322 e. The molecule has 0 aliphatic rings. The molecule has 0 fully saturated rings. The van der Waals surface area contributed by atoms with Gasteiger partial charge in [0, 0.05) is 30.7 Å². The van der Waals surface area contributed by atoms with E-state index < -0.39 is 0 Å². The van der Waals surface area contributed by atoms with E-state index in [2.05, 4.69) is 30.7 Å². The number of anilines is 1. The zero-order valence-corrected chi connectivity index (χ0v) is 18.2. The number of urea groups is 1. The molecule has 0 atom stereocenters. The number of aryl methyl sites for hydroxylation is 2. The van der Waals surface area contributed by atoms with Crippen LogP contribution in [0, 0.1) is 25.6 Å². The van der Waals surface area contributed by atoms with Crippen molar-refractivity contribution >= 4 is 11.7 Å². The summed E-state index contributed by atoms with van der Waals surface area (Å²) in [7, 11) is 0. The maximum absolute atomic E-state index is 13.5. The second-order valence-electron chi connectivity index (χ2n) is 8.26. The standard InChI is InChI=1S/C25H30FN3O/c1-18(2)15-29(25(30)27-23-11-10-19(3)20(4)13-23)17-24-9-6-12-28(24)16-21-7-5-8-22(26)14-21/h5-14,18H,15-17H2,1-4H3,(H,27,30). The minimum atomic E-state index is -0.240. The van der Waals surface area contributed by atoms with Gasteiger partial charge in [-0.15, -0.1) is 0 Å². The number of benzene rings is 2. The van der Waals surface area contributed by atoms with E-state index in [-0.39, 0.29) is 11.8 Å². The van der Waals surface area contributed by atoms with Crippen LogP contribution < -0.4 is 5.32 Å². The number of hydrogen-bond acceptors (Lipinski definition) is 1. The molecule has 4 nitrogen and oxygen atoms in total. The smallest absolute Gasteiger partial charge is 0.322 e. The first-order chi connectivity index (χ1) is 14.3. The highest BCUT2D eigenvalue weighted by Crippen LogP contribution is 2.17. The number of carbonyl (C=O) groups excluding carboxylic acids is 1. The van der Waals surface area contributed by atoms with Crippen molar-refractivity contribution in [2.45, 2.75) is 40.8 Å². The van der Waals surface area contributed by atoms with Crippen LogP contribution in [-0.4, -0.2) is 22.0 Å². The molecule has 3 rings (SSSR count). The van der Waals surface area contributed by atoms with Crippen molar-refractivity contribution in [1.82, 2.24) is 9.47 Å². The lowest BCUT2D eigenvalue weighted by atomic mass is 10.1. The van der Waals surface area contributed by atoms with Crippen LogP contribution in [-0.2, 0) is 13.1 Å². The van der Waals surface area contributed by atoms with E-state index >= 15 is 0 Å². The van der Waals surface area contributed by atoms with E-state index in [9.17, 15) is 9.18 Å². The van der Waals surface area contributed by atoms with E-state index in [0.29, 0.717) is 25.6 Å². The van der Waals surface area contributed by atoms with Gasteiger partial charge < -0.3 is 14.8 Å². The van der Waals surface area contributed by atoms with Crippen molar-refractivity contribution in [1.29, 1.82) is 0 Å². The predicted octanol–water partition coefficient (Wildman–Crippen LogP) is 5.98. The average molecular weight is 408 g/mol. The summed E-state index contributed by atoms with van der Waals surface area (Å²) in [5, 5.41) is 3.03. The summed E-state index contributed by atoms with van der Waals surface area (Å²) in [5.74, 6) is 0.0949. The monoisotopic (exact) mass is 407 g/mol. The third-order valence-corrected chi connectivity index (χ3v) is 5.15.